The minimum absolute atomic E-state index is 0.567. The minimum Gasteiger partial charge on any atom is -0.278 e. The summed E-state index contributed by atoms with van der Waals surface area (Å²) in [7, 11) is 0. The van der Waals surface area contributed by atoms with Crippen molar-refractivity contribution >= 4 is 21.8 Å². The Kier molecular flexibility index (Phi) is 9.10. The monoisotopic (exact) mass is 779 g/mol. The SMILES string of the molecule is c1ccc(-c2nc(-c3ccc(-c4c(-c5ccccc5)c(-c5ccccc5)nc(-c5ccccc5)c4-c4ccccc4)cc3)nc(-n3c4ccccc4c4ccccc43)n2)cc1. The molecule has 61 heavy (non-hydrogen) atoms. The molecule has 0 N–H and O–H groups in total. The van der Waals surface area contributed by atoms with Crippen molar-refractivity contribution in [3.8, 4) is 84.6 Å². The number of hydrogen-bond acceptors (Lipinski definition) is 4. The summed E-state index contributed by atoms with van der Waals surface area (Å²) in [5, 5.41) is 2.30. The molecule has 0 aliphatic carbocycles. The first-order valence-corrected chi connectivity index (χ1v) is 20.5. The van der Waals surface area contributed by atoms with Gasteiger partial charge in [0, 0.05) is 49.7 Å². The summed E-state index contributed by atoms with van der Waals surface area (Å²) in [4.78, 5) is 21.1. The van der Waals surface area contributed by atoms with Crippen LogP contribution in [0.4, 0.5) is 0 Å². The molecule has 286 valence electrons. The second-order valence-electron chi connectivity index (χ2n) is 15.0. The van der Waals surface area contributed by atoms with Crippen LogP contribution in [0, 0.1) is 0 Å². The van der Waals surface area contributed by atoms with Crippen molar-refractivity contribution in [1.82, 2.24) is 24.5 Å². The van der Waals surface area contributed by atoms with Crippen LogP contribution >= 0.6 is 0 Å². The fraction of sp³-hybridized carbons (Fsp3) is 0. The van der Waals surface area contributed by atoms with Crippen molar-refractivity contribution < 1.29 is 0 Å². The van der Waals surface area contributed by atoms with Crippen LogP contribution in [-0.2, 0) is 0 Å². The van der Waals surface area contributed by atoms with Gasteiger partial charge in [-0.3, -0.25) is 4.57 Å². The maximum absolute atomic E-state index is 5.60. The van der Waals surface area contributed by atoms with E-state index < -0.39 is 0 Å². The number of hydrogen-bond donors (Lipinski definition) is 0. The van der Waals surface area contributed by atoms with E-state index in [2.05, 4.69) is 199 Å². The molecule has 11 aromatic rings. The van der Waals surface area contributed by atoms with Crippen LogP contribution in [-0.4, -0.2) is 24.5 Å². The summed E-state index contributed by atoms with van der Waals surface area (Å²) in [5.41, 5.74) is 14.3. The lowest BCUT2D eigenvalue weighted by atomic mass is 9.83. The molecule has 0 bridgehead atoms. The Bertz CT molecular complexity index is 3160. The van der Waals surface area contributed by atoms with Crippen LogP contribution in [0.15, 0.2) is 224 Å². The van der Waals surface area contributed by atoms with Gasteiger partial charge in [0.2, 0.25) is 5.95 Å². The largest absolute Gasteiger partial charge is 0.278 e. The van der Waals surface area contributed by atoms with Gasteiger partial charge in [0.1, 0.15) is 0 Å². The van der Waals surface area contributed by atoms with E-state index in [0.717, 1.165) is 88.8 Å². The third-order valence-electron chi connectivity index (χ3n) is 11.3. The van der Waals surface area contributed by atoms with Crippen molar-refractivity contribution in [1.29, 1.82) is 0 Å². The van der Waals surface area contributed by atoms with E-state index in [9.17, 15) is 0 Å². The van der Waals surface area contributed by atoms with E-state index in [1.807, 2.05) is 30.3 Å². The summed E-state index contributed by atoms with van der Waals surface area (Å²) in [6.45, 7) is 0. The molecule has 3 heterocycles. The van der Waals surface area contributed by atoms with Gasteiger partial charge in [-0.05, 0) is 28.8 Å². The highest BCUT2D eigenvalue weighted by Crippen LogP contribution is 2.48. The molecule has 0 unspecified atom stereocenters. The Morgan fingerprint density at radius 3 is 1.02 bits per heavy atom. The predicted octanol–water partition coefficient (Wildman–Crippen LogP) is 14.0. The molecule has 0 saturated carbocycles. The number of nitrogens with zero attached hydrogens (tertiary/aromatic N) is 5. The van der Waals surface area contributed by atoms with E-state index in [1.165, 1.54) is 0 Å². The molecule has 3 aromatic heterocycles. The van der Waals surface area contributed by atoms with E-state index in [4.69, 9.17) is 19.9 Å². The molecule has 0 spiro atoms. The molecule has 0 aliphatic heterocycles. The summed E-state index contributed by atoms with van der Waals surface area (Å²) >= 11 is 0. The number of aromatic nitrogens is 5. The van der Waals surface area contributed by atoms with Crippen LogP contribution < -0.4 is 0 Å². The molecule has 0 fully saturated rings. The molecule has 5 heteroatoms. The van der Waals surface area contributed by atoms with Crippen molar-refractivity contribution in [3.63, 3.8) is 0 Å². The highest BCUT2D eigenvalue weighted by molar-refractivity contribution is 6.09. The van der Waals surface area contributed by atoms with Crippen molar-refractivity contribution in [3.05, 3.63) is 224 Å². The van der Waals surface area contributed by atoms with Crippen LogP contribution in [0.2, 0.25) is 0 Å². The van der Waals surface area contributed by atoms with Crippen LogP contribution in [0.1, 0.15) is 0 Å². The van der Waals surface area contributed by atoms with Gasteiger partial charge in [0.05, 0.1) is 22.4 Å². The Morgan fingerprint density at radius 2 is 0.574 bits per heavy atom. The van der Waals surface area contributed by atoms with Gasteiger partial charge in [-0.2, -0.15) is 9.97 Å². The first-order valence-electron chi connectivity index (χ1n) is 20.5. The quantitative estimate of drug-likeness (QED) is 0.154. The lowest BCUT2D eigenvalue weighted by molar-refractivity contribution is 0.953. The first-order chi connectivity index (χ1) is 30.3. The van der Waals surface area contributed by atoms with E-state index in [-0.39, 0.29) is 0 Å². The zero-order valence-corrected chi connectivity index (χ0v) is 33.1. The van der Waals surface area contributed by atoms with Gasteiger partial charge in [-0.25, -0.2) is 9.97 Å². The van der Waals surface area contributed by atoms with Gasteiger partial charge < -0.3 is 0 Å². The third-order valence-corrected chi connectivity index (χ3v) is 11.3. The molecule has 0 radical (unpaired) electrons. The van der Waals surface area contributed by atoms with E-state index in [0.29, 0.717) is 17.6 Å². The predicted molar refractivity (Wildman–Crippen MR) is 250 cm³/mol. The maximum Gasteiger partial charge on any atom is 0.238 e. The number of para-hydroxylation sites is 2. The smallest absolute Gasteiger partial charge is 0.238 e. The number of benzene rings is 8. The molecule has 0 saturated heterocycles. The zero-order chi connectivity index (χ0) is 40.5. The number of rotatable bonds is 8. The van der Waals surface area contributed by atoms with E-state index in [1.54, 1.807) is 0 Å². The van der Waals surface area contributed by atoms with Crippen molar-refractivity contribution in [2.45, 2.75) is 0 Å². The number of fused-ring (bicyclic) bond motifs is 3. The van der Waals surface area contributed by atoms with Crippen LogP contribution in [0.25, 0.3) is 106 Å². The van der Waals surface area contributed by atoms with Gasteiger partial charge >= 0.3 is 0 Å². The summed E-state index contributed by atoms with van der Waals surface area (Å²) in [6.07, 6.45) is 0. The minimum atomic E-state index is 0.567. The molecular weight excluding hydrogens is 743 g/mol. The zero-order valence-electron chi connectivity index (χ0n) is 33.1. The maximum atomic E-state index is 5.60. The third kappa shape index (κ3) is 6.55. The second-order valence-corrected chi connectivity index (χ2v) is 15.0. The first kappa shape index (κ1) is 35.8. The van der Waals surface area contributed by atoms with Gasteiger partial charge in [0.25, 0.3) is 0 Å². The number of pyridine rings is 1. The van der Waals surface area contributed by atoms with Crippen molar-refractivity contribution in [2.75, 3.05) is 0 Å². The highest BCUT2D eigenvalue weighted by atomic mass is 15.2. The van der Waals surface area contributed by atoms with E-state index >= 15 is 0 Å². The molecule has 0 amide bonds. The Morgan fingerprint density at radius 1 is 0.246 bits per heavy atom. The topological polar surface area (TPSA) is 56.5 Å². The molecule has 5 nitrogen and oxygen atoms in total. The fourth-order valence-electron chi connectivity index (χ4n) is 8.49. The van der Waals surface area contributed by atoms with Gasteiger partial charge in [0.15, 0.2) is 11.6 Å². The van der Waals surface area contributed by atoms with Crippen LogP contribution in [0.5, 0.6) is 0 Å². The summed E-state index contributed by atoms with van der Waals surface area (Å²) < 4.78 is 2.15. The highest BCUT2D eigenvalue weighted by Gasteiger charge is 2.25. The fourth-order valence-corrected chi connectivity index (χ4v) is 8.49. The molecular formula is C56H37N5. The molecule has 8 aromatic carbocycles. The standard InChI is InChI=1S/C56H37N5/c1-6-20-38(21-7-1)50-49(51(39-22-8-2-9-23-39)53(42-26-12-4-13-27-42)57-52(50)41-24-10-3-11-25-41)40-34-36-44(37-35-40)55-58-54(43-28-14-5-15-29-43)59-56(60-55)61-47-32-18-16-30-45(47)46-31-17-19-33-48(46)61/h1-37H. The molecule has 11 rings (SSSR count). The Labute approximate surface area is 354 Å². The van der Waals surface area contributed by atoms with Crippen LogP contribution in [0.3, 0.4) is 0 Å². The lowest BCUT2D eigenvalue weighted by Gasteiger charge is -2.23. The van der Waals surface area contributed by atoms with Gasteiger partial charge in [-0.1, -0.05) is 212 Å². The second kappa shape index (κ2) is 15.5. The average molecular weight is 780 g/mol. The normalized spacial score (nSPS) is 11.3. The Hall–Kier alpha value is -8.28. The summed E-state index contributed by atoms with van der Waals surface area (Å²) in [6, 6.07) is 78.0. The lowest BCUT2D eigenvalue weighted by Crippen LogP contribution is -2.06. The van der Waals surface area contributed by atoms with Crippen molar-refractivity contribution in [2.24, 2.45) is 0 Å². The molecule has 0 aliphatic rings. The summed E-state index contributed by atoms with van der Waals surface area (Å²) in [5.74, 6) is 1.77. The molecule has 0 atom stereocenters. The van der Waals surface area contributed by atoms with Gasteiger partial charge in [-0.15, -0.1) is 0 Å². The Balaban J connectivity index is 1.17. The average Bonchev–Trinajstić information content (AvgIpc) is 3.69.